The van der Waals surface area contributed by atoms with Gasteiger partial charge in [0.1, 0.15) is 5.82 Å². The van der Waals surface area contributed by atoms with E-state index in [0.717, 1.165) is 25.1 Å². The Bertz CT molecular complexity index is 377. The SMILES string of the molecule is CCCCC(CCC)Nc1ncccc1C(C)=O. The molecule has 0 aromatic carbocycles. The van der Waals surface area contributed by atoms with E-state index in [4.69, 9.17) is 0 Å². The second-order valence-electron chi connectivity index (χ2n) is 4.73. The molecule has 1 unspecified atom stereocenters. The molecule has 0 bridgehead atoms. The van der Waals surface area contributed by atoms with E-state index in [0.29, 0.717) is 11.6 Å². The van der Waals surface area contributed by atoms with E-state index in [1.165, 1.54) is 12.8 Å². The lowest BCUT2D eigenvalue weighted by molar-refractivity contribution is 0.101. The number of hydrogen-bond donors (Lipinski definition) is 1. The first-order valence-corrected chi connectivity index (χ1v) is 6.91. The fourth-order valence-corrected chi connectivity index (χ4v) is 2.09. The summed E-state index contributed by atoms with van der Waals surface area (Å²) in [6.07, 6.45) is 7.54. The molecule has 1 N–H and O–H groups in total. The van der Waals surface area contributed by atoms with Crippen LogP contribution in [0.25, 0.3) is 0 Å². The summed E-state index contributed by atoms with van der Waals surface area (Å²) in [6, 6.07) is 4.06. The Hall–Kier alpha value is -1.38. The van der Waals surface area contributed by atoms with Crippen LogP contribution in [0, 0.1) is 0 Å². The molecule has 3 heteroatoms. The van der Waals surface area contributed by atoms with Gasteiger partial charge in [0.15, 0.2) is 5.78 Å². The fraction of sp³-hybridized carbons (Fsp3) is 0.600. The number of carbonyl (C=O) groups is 1. The number of aromatic nitrogens is 1. The lowest BCUT2D eigenvalue weighted by Gasteiger charge is -2.19. The number of unbranched alkanes of at least 4 members (excludes halogenated alkanes) is 1. The highest BCUT2D eigenvalue weighted by molar-refractivity contribution is 5.98. The Labute approximate surface area is 110 Å². The molecule has 0 radical (unpaired) electrons. The minimum atomic E-state index is 0.0661. The van der Waals surface area contributed by atoms with Crippen molar-refractivity contribution in [2.45, 2.75) is 58.9 Å². The summed E-state index contributed by atoms with van der Waals surface area (Å²) >= 11 is 0. The Morgan fingerprint density at radius 2 is 2.11 bits per heavy atom. The number of Topliss-reactive ketones (excluding diaryl/α,β-unsaturated/α-hetero) is 1. The number of pyridine rings is 1. The van der Waals surface area contributed by atoms with Crippen molar-refractivity contribution < 1.29 is 4.79 Å². The number of nitrogens with one attached hydrogen (secondary N) is 1. The highest BCUT2D eigenvalue weighted by Crippen LogP contribution is 2.17. The van der Waals surface area contributed by atoms with Crippen molar-refractivity contribution in [2.75, 3.05) is 5.32 Å². The van der Waals surface area contributed by atoms with E-state index >= 15 is 0 Å². The molecule has 0 aliphatic rings. The van der Waals surface area contributed by atoms with Gasteiger partial charge < -0.3 is 5.32 Å². The van der Waals surface area contributed by atoms with Crippen LogP contribution in [0.15, 0.2) is 18.3 Å². The normalized spacial score (nSPS) is 12.2. The van der Waals surface area contributed by atoms with Crippen molar-refractivity contribution >= 4 is 11.6 Å². The highest BCUT2D eigenvalue weighted by Gasteiger charge is 2.12. The van der Waals surface area contributed by atoms with Crippen molar-refractivity contribution in [3.8, 4) is 0 Å². The molecular formula is C15H24N2O. The third-order valence-electron chi connectivity index (χ3n) is 3.07. The lowest BCUT2D eigenvalue weighted by Crippen LogP contribution is -2.21. The van der Waals surface area contributed by atoms with Gasteiger partial charge in [-0.2, -0.15) is 0 Å². The molecule has 3 nitrogen and oxygen atoms in total. The van der Waals surface area contributed by atoms with Gasteiger partial charge in [-0.25, -0.2) is 4.98 Å². The first-order valence-electron chi connectivity index (χ1n) is 6.91. The molecule has 0 amide bonds. The van der Waals surface area contributed by atoms with Gasteiger partial charge in [-0.15, -0.1) is 0 Å². The molecule has 18 heavy (non-hydrogen) atoms. The Balaban J connectivity index is 2.76. The number of nitrogens with zero attached hydrogens (tertiary/aromatic N) is 1. The third kappa shape index (κ3) is 4.47. The Morgan fingerprint density at radius 1 is 1.33 bits per heavy atom. The standard InChI is InChI=1S/C15H24N2O/c1-4-6-9-13(8-5-2)17-15-14(12(3)18)10-7-11-16-15/h7,10-11,13H,4-6,8-9H2,1-3H3,(H,16,17). The summed E-state index contributed by atoms with van der Waals surface area (Å²) in [6.45, 7) is 5.97. The van der Waals surface area contributed by atoms with Crippen LogP contribution >= 0.6 is 0 Å². The number of rotatable bonds is 8. The number of anilines is 1. The zero-order valence-corrected chi connectivity index (χ0v) is 11.7. The second kappa shape index (κ2) is 7.85. The molecule has 0 saturated heterocycles. The van der Waals surface area contributed by atoms with Gasteiger partial charge in [0.2, 0.25) is 0 Å². The Kier molecular flexibility index (Phi) is 6.40. The summed E-state index contributed by atoms with van der Waals surface area (Å²) in [5.74, 6) is 0.802. The molecule has 1 heterocycles. The maximum Gasteiger partial charge on any atom is 0.163 e. The van der Waals surface area contributed by atoms with Crippen molar-refractivity contribution in [3.63, 3.8) is 0 Å². The predicted molar refractivity (Wildman–Crippen MR) is 76.1 cm³/mol. The molecule has 0 saturated carbocycles. The van der Waals surface area contributed by atoms with Crippen LogP contribution in [0.2, 0.25) is 0 Å². The average molecular weight is 248 g/mol. The van der Waals surface area contributed by atoms with Crippen LogP contribution in [0.5, 0.6) is 0 Å². The molecular weight excluding hydrogens is 224 g/mol. The second-order valence-corrected chi connectivity index (χ2v) is 4.73. The quantitative estimate of drug-likeness (QED) is 0.705. The van der Waals surface area contributed by atoms with Gasteiger partial charge in [0.05, 0.1) is 5.56 Å². The summed E-state index contributed by atoms with van der Waals surface area (Å²) in [5, 5.41) is 3.43. The molecule has 0 fully saturated rings. The van der Waals surface area contributed by atoms with Crippen molar-refractivity contribution in [2.24, 2.45) is 0 Å². The molecule has 0 spiro atoms. The smallest absolute Gasteiger partial charge is 0.163 e. The minimum Gasteiger partial charge on any atom is -0.367 e. The summed E-state index contributed by atoms with van der Waals surface area (Å²) in [7, 11) is 0. The zero-order chi connectivity index (χ0) is 13.4. The van der Waals surface area contributed by atoms with Crippen molar-refractivity contribution in [1.29, 1.82) is 0 Å². The number of carbonyl (C=O) groups excluding carboxylic acids is 1. The Morgan fingerprint density at radius 3 is 2.72 bits per heavy atom. The van der Waals surface area contributed by atoms with E-state index in [1.807, 2.05) is 12.1 Å². The number of ketones is 1. The van der Waals surface area contributed by atoms with Crippen LogP contribution in [-0.4, -0.2) is 16.8 Å². The molecule has 1 aromatic rings. The molecule has 0 aliphatic heterocycles. The van der Waals surface area contributed by atoms with Crippen LogP contribution in [0.1, 0.15) is 63.2 Å². The average Bonchev–Trinajstić information content (AvgIpc) is 2.36. The van der Waals surface area contributed by atoms with Crippen molar-refractivity contribution in [3.05, 3.63) is 23.9 Å². The van der Waals surface area contributed by atoms with Gasteiger partial charge in [-0.05, 0) is 31.9 Å². The van der Waals surface area contributed by atoms with E-state index in [1.54, 1.807) is 13.1 Å². The van der Waals surface area contributed by atoms with Gasteiger partial charge in [0.25, 0.3) is 0 Å². The largest absolute Gasteiger partial charge is 0.367 e. The zero-order valence-electron chi connectivity index (χ0n) is 11.7. The monoisotopic (exact) mass is 248 g/mol. The maximum absolute atomic E-state index is 11.5. The van der Waals surface area contributed by atoms with Gasteiger partial charge in [-0.1, -0.05) is 33.1 Å². The third-order valence-corrected chi connectivity index (χ3v) is 3.07. The van der Waals surface area contributed by atoms with Crippen LogP contribution < -0.4 is 5.32 Å². The van der Waals surface area contributed by atoms with E-state index < -0.39 is 0 Å². The highest BCUT2D eigenvalue weighted by atomic mass is 16.1. The molecule has 0 aliphatic carbocycles. The summed E-state index contributed by atoms with van der Waals surface area (Å²) in [5.41, 5.74) is 0.690. The fourth-order valence-electron chi connectivity index (χ4n) is 2.09. The van der Waals surface area contributed by atoms with Crippen LogP contribution in [0.4, 0.5) is 5.82 Å². The molecule has 1 rings (SSSR count). The number of hydrogen-bond acceptors (Lipinski definition) is 3. The maximum atomic E-state index is 11.5. The first kappa shape index (κ1) is 14.7. The van der Waals surface area contributed by atoms with E-state index in [2.05, 4.69) is 24.1 Å². The van der Waals surface area contributed by atoms with Crippen LogP contribution in [0.3, 0.4) is 0 Å². The molecule has 100 valence electrons. The molecule has 1 aromatic heterocycles. The molecule has 1 atom stereocenters. The lowest BCUT2D eigenvalue weighted by atomic mass is 10.0. The predicted octanol–water partition coefficient (Wildman–Crippen LogP) is 4.06. The van der Waals surface area contributed by atoms with Gasteiger partial charge >= 0.3 is 0 Å². The first-order chi connectivity index (χ1) is 8.69. The van der Waals surface area contributed by atoms with Gasteiger partial charge in [0, 0.05) is 12.2 Å². The van der Waals surface area contributed by atoms with Crippen molar-refractivity contribution in [1.82, 2.24) is 4.98 Å². The minimum absolute atomic E-state index is 0.0661. The van der Waals surface area contributed by atoms with Gasteiger partial charge in [-0.3, -0.25) is 4.79 Å². The van der Waals surface area contributed by atoms with E-state index in [9.17, 15) is 4.79 Å². The topological polar surface area (TPSA) is 42.0 Å². The van der Waals surface area contributed by atoms with Crippen LogP contribution in [-0.2, 0) is 0 Å². The summed E-state index contributed by atoms with van der Waals surface area (Å²) < 4.78 is 0. The van der Waals surface area contributed by atoms with E-state index in [-0.39, 0.29) is 5.78 Å². The summed E-state index contributed by atoms with van der Waals surface area (Å²) in [4.78, 5) is 15.8.